The van der Waals surface area contributed by atoms with Gasteiger partial charge in [0.05, 0.1) is 9.85 Å². The Labute approximate surface area is 104 Å². The van der Waals surface area contributed by atoms with Crippen LogP contribution >= 0.6 is 0 Å². The fourth-order valence-electron chi connectivity index (χ4n) is 1.59. The number of hydrogen-bond donors (Lipinski definition) is 0. The fraction of sp³-hybridized carbons (Fsp3) is 0.333. The quantitative estimate of drug-likeness (QED) is 0.605. The van der Waals surface area contributed by atoms with Gasteiger partial charge in [0.2, 0.25) is 5.70 Å². The molecule has 6 heteroatoms. The summed E-state index contributed by atoms with van der Waals surface area (Å²) in [5.41, 5.74) is 1.02. The van der Waals surface area contributed by atoms with Gasteiger partial charge in [0.15, 0.2) is 0 Å². The SMILES string of the molecule is CC(=Cc1ccc(C(C)C)c([N+](=O)[O-])c1)[N+](=O)[O-]. The summed E-state index contributed by atoms with van der Waals surface area (Å²) in [6, 6.07) is 4.65. The maximum Gasteiger partial charge on any atom is 0.273 e. The van der Waals surface area contributed by atoms with Gasteiger partial charge in [0.1, 0.15) is 0 Å². The molecule has 0 aliphatic rings. The van der Waals surface area contributed by atoms with E-state index in [2.05, 4.69) is 0 Å². The largest absolute Gasteiger partial charge is 0.273 e. The normalized spacial score (nSPS) is 11.7. The van der Waals surface area contributed by atoms with Crippen LogP contribution in [0.15, 0.2) is 23.9 Å². The minimum atomic E-state index is -0.526. The van der Waals surface area contributed by atoms with Gasteiger partial charge >= 0.3 is 0 Å². The molecule has 0 fully saturated rings. The molecule has 0 bridgehead atoms. The second kappa shape index (κ2) is 5.39. The number of nitro benzene ring substituents is 1. The van der Waals surface area contributed by atoms with E-state index >= 15 is 0 Å². The van der Waals surface area contributed by atoms with E-state index in [-0.39, 0.29) is 17.3 Å². The number of benzene rings is 1. The third-order valence-electron chi connectivity index (χ3n) is 2.54. The predicted octanol–water partition coefficient (Wildman–Crippen LogP) is 3.36. The Hall–Kier alpha value is -2.24. The summed E-state index contributed by atoms with van der Waals surface area (Å²) in [7, 11) is 0. The molecule has 0 saturated heterocycles. The van der Waals surface area contributed by atoms with Crippen molar-refractivity contribution in [2.45, 2.75) is 26.7 Å². The number of rotatable bonds is 4. The average molecular weight is 250 g/mol. The highest BCUT2D eigenvalue weighted by molar-refractivity contribution is 5.57. The molecule has 1 rings (SSSR count). The zero-order chi connectivity index (χ0) is 13.9. The number of allylic oxidation sites excluding steroid dienone is 1. The lowest BCUT2D eigenvalue weighted by Crippen LogP contribution is -1.98. The van der Waals surface area contributed by atoms with E-state index in [1.54, 1.807) is 12.1 Å². The first-order valence-electron chi connectivity index (χ1n) is 5.44. The van der Waals surface area contributed by atoms with Crippen LogP contribution in [-0.4, -0.2) is 9.85 Å². The smallest absolute Gasteiger partial charge is 0.259 e. The molecule has 18 heavy (non-hydrogen) atoms. The van der Waals surface area contributed by atoms with Crippen LogP contribution in [0.4, 0.5) is 5.69 Å². The Kier molecular flexibility index (Phi) is 4.14. The molecule has 0 aliphatic carbocycles. The van der Waals surface area contributed by atoms with E-state index in [4.69, 9.17) is 0 Å². The minimum absolute atomic E-state index is 0.00472. The van der Waals surface area contributed by atoms with Crippen LogP contribution in [0.5, 0.6) is 0 Å². The molecular formula is C12H14N2O4. The molecule has 0 radical (unpaired) electrons. The van der Waals surface area contributed by atoms with E-state index in [9.17, 15) is 20.2 Å². The van der Waals surface area contributed by atoms with Crippen LogP contribution in [0.3, 0.4) is 0 Å². The van der Waals surface area contributed by atoms with Crippen LogP contribution in [0.2, 0.25) is 0 Å². The average Bonchev–Trinajstić information content (AvgIpc) is 2.28. The molecule has 0 spiro atoms. The molecule has 1 aromatic carbocycles. The predicted molar refractivity (Wildman–Crippen MR) is 67.8 cm³/mol. The monoisotopic (exact) mass is 250 g/mol. The van der Waals surface area contributed by atoms with Gasteiger partial charge in [-0.1, -0.05) is 26.0 Å². The van der Waals surface area contributed by atoms with Crippen LogP contribution in [0.1, 0.15) is 37.8 Å². The molecule has 0 aromatic heterocycles. The summed E-state index contributed by atoms with van der Waals surface area (Å²) in [6.45, 7) is 5.07. The van der Waals surface area contributed by atoms with E-state index < -0.39 is 9.85 Å². The van der Waals surface area contributed by atoms with Crippen molar-refractivity contribution < 1.29 is 9.85 Å². The Morgan fingerprint density at radius 3 is 2.33 bits per heavy atom. The van der Waals surface area contributed by atoms with E-state index in [1.165, 1.54) is 19.1 Å². The Balaban J connectivity index is 3.28. The first-order valence-corrected chi connectivity index (χ1v) is 5.44. The first-order chi connectivity index (χ1) is 8.32. The second-order valence-corrected chi connectivity index (χ2v) is 4.27. The lowest BCUT2D eigenvalue weighted by atomic mass is 9.99. The van der Waals surface area contributed by atoms with Crippen LogP contribution in [-0.2, 0) is 0 Å². The Bertz CT molecular complexity index is 521. The van der Waals surface area contributed by atoms with Crippen molar-refractivity contribution in [1.29, 1.82) is 0 Å². The molecule has 0 heterocycles. The van der Waals surface area contributed by atoms with Crippen molar-refractivity contribution in [2.75, 3.05) is 0 Å². The highest BCUT2D eigenvalue weighted by Gasteiger charge is 2.17. The summed E-state index contributed by atoms with van der Waals surface area (Å²) in [5, 5.41) is 21.5. The van der Waals surface area contributed by atoms with Gasteiger partial charge in [-0.15, -0.1) is 0 Å². The summed E-state index contributed by atoms with van der Waals surface area (Å²) in [4.78, 5) is 20.5. The van der Waals surface area contributed by atoms with Gasteiger partial charge in [-0.25, -0.2) is 0 Å². The molecular weight excluding hydrogens is 236 g/mol. The van der Waals surface area contributed by atoms with Crippen molar-refractivity contribution in [1.82, 2.24) is 0 Å². The highest BCUT2D eigenvalue weighted by atomic mass is 16.6. The van der Waals surface area contributed by atoms with Gasteiger partial charge in [-0.2, -0.15) is 0 Å². The maximum absolute atomic E-state index is 10.9. The van der Waals surface area contributed by atoms with Gasteiger partial charge in [-0.3, -0.25) is 20.2 Å². The number of hydrogen-bond acceptors (Lipinski definition) is 4. The van der Waals surface area contributed by atoms with Gasteiger partial charge < -0.3 is 0 Å². The summed E-state index contributed by atoms with van der Waals surface area (Å²) in [6.07, 6.45) is 1.32. The molecule has 0 aliphatic heterocycles. The maximum atomic E-state index is 10.9. The Morgan fingerprint density at radius 2 is 1.89 bits per heavy atom. The molecule has 96 valence electrons. The van der Waals surface area contributed by atoms with E-state index in [1.807, 2.05) is 13.8 Å². The lowest BCUT2D eigenvalue weighted by molar-refractivity contribution is -0.422. The topological polar surface area (TPSA) is 86.3 Å². The van der Waals surface area contributed by atoms with Crippen molar-refractivity contribution in [3.63, 3.8) is 0 Å². The number of nitro groups is 2. The summed E-state index contributed by atoms with van der Waals surface area (Å²) >= 11 is 0. The van der Waals surface area contributed by atoms with Gasteiger partial charge in [-0.05, 0) is 11.5 Å². The highest BCUT2D eigenvalue weighted by Crippen LogP contribution is 2.28. The standard InChI is InChI=1S/C12H14N2O4/c1-8(2)11-5-4-10(6-9(3)13(15)16)7-12(11)14(17)18/h4-8H,1-3H3. The molecule has 1 aromatic rings. The second-order valence-electron chi connectivity index (χ2n) is 4.27. The summed E-state index contributed by atoms with van der Waals surface area (Å²) < 4.78 is 0. The van der Waals surface area contributed by atoms with Crippen molar-refractivity contribution in [3.05, 3.63) is 55.3 Å². The van der Waals surface area contributed by atoms with Crippen molar-refractivity contribution in [2.24, 2.45) is 0 Å². The molecule has 0 atom stereocenters. The Morgan fingerprint density at radius 1 is 1.28 bits per heavy atom. The van der Waals surface area contributed by atoms with Gasteiger partial charge in [0, 0.05) is 24.6 Å². The molecule has 6 nitrogen and oxygen atoms in total. The molecule has 0 amide bonds. The van der Waals surface area contributed by atoms with Crippen LogP contribution in [0, 0.1) is 20.2 Å². The van der Waals surface area contributed by atoms with Crippen LogP contribution < -0.4 is 0 Å². The molecule has 0 saturated carbocycles. The van der Waals surface area contributed by atoms with Crippen LogP contribution in [0.25, 0.3) is 6.08 Å². The zero-order valence-corrected chi connectivity index (χ0v) is 10.4. The minimum Gasteiger partial charge on any atom is -0.259 e. The van der Waals surface area contributed by atoms with Gasteiger partial charge in [0.25, 0.3) is 5.69 Å². The van der Waals surface area contributed by atoms with E-state index in [0.717, 1.165) is 0 Å². The number of nitrogens with zero attached hydrogens (tertiary/aromatic N) is 2. The lowest BCUT2D eigenvalue weighted by Gasteiger charge is -2.06. The third-order valence-corrected chi connectivity index (χ3v) is 2.54. The van der Waals surface area contributed by atoms with Crippen molar-refractivity contribution >= 4 is 11.8 Å². The molecule has 0 N–H and O–H groups in total. The molecule has 0 unspecified atom stereocenters. The third kappa shape index (κ3) is 3.13. The zero-order valence-electron chi connectivity index (χ0n) is 10.4. The fourth-order valence-corrected chi connectivity index (χ4v) is 1.59. The van der Waals surface area contributed by atoms with E-state index in [0.29, 0.717) is 11.1 Å². The summed E-state index contributed by atoms with van der Waals surface area (Å²) in [5.74, 6) is 0.0278. The van der Waals surface area contributed by atoms with Crippen molar-refractivity contribution in [3.8, 4) is 0 Å². The first kappa shape index (κ1) is 13.8.